The molecule has 0 saturated heterocycles. The fourth-order valence-corrected chi connectivity index (χ4v) is 3.22. The summed E-state index contributed by atoms with van der Waals surface area (Å²) in [7, 11) is 0. The molecule has 140 valence electrons. The van der Waals surface area contributed by atoms with Crippen molar-refractivity contribution in [1.82, 2.24) is 24.9 Å². The fraction of sp³-hybridized carbons (Fsp3) is 0.400. The normalized spacial score (nSPS) is 14.5. The highest BCUT2D eigenvalue weighted by molar-refractivity contribution is 5.83. The number of fused-ring (bicyclic) bond motifs is 1. The van der Waals surface area contributed by atoms with Crippen LogP contribution in [0.1, 0.15) is 45.2 Å². The van der Waals surface area contributed by atoms with Gasteiger partial charge in [0.15, 0.2) is 0 Å². The van der Waals surface area contributed by atoms with Crippen molar-refractivity contribution in [2.45, 2.75) is 51.6 Å². The van der Waals surface area contributed by atoms with E-state index in [0.29, 0.717) is 11.4 Å². The minimum atomic E-state index is -0.365. The van der Waals surface area contributed by atoms with E-state index in [-0.39, 0.29) is 23.6 Å². The Labute approximate surface area is 157 Å². The van der Waals surface area contributed by atoms with Crippen LogP contribution in [0.3, 0.4) is 0 Å². The van der Waals surface area contributed by atoms with Crippen molar-refractivity contribution >= 4 is 16.8 Å². The third kappa shape index (κ3) is 3.49. The van der Waals surface area contributed by atoms with Gasteiger partial charge in [0.25, 0.3) is 5.56 Å². The molecule has 0 bridgehead atoms. The van der Waals surface area contributed by atoms with Crippen molar-refractivity contribution < 1.29 is 4.79 Å². The molecule has 1 N–H and O–H groups in total. The number of rotatable bonds is 4. The van der Waals surface area contributed by atoms with E-state index in [9.17, 15) is 9.59 Å². The molecule has 1 fully saturated rings. The smallest absolute Gasteiger partial charge is 0.293 e. The molecule has 0 radical (unpaired) electrons. The molecular weight excluding hydrogens is 342 g/mol. The predicted octanol–water partition coefficient (Wildman–Crippen LogP) is 2.37. The number of carbonyl (C=O) groups excluding carboxylic acids is 1. The molecule has 1 amide bonds. The summed E-state index contributed by atoms with van der Waals surface area (Å²) < 4.78 is 2.92. The summed E-state index contributed by atoms with van der Waals surface area (Å²) in [6, 6.07) is 9.53. The lowest BCUT2D eigenvalue weighted by molar-refractivity contribution is -0.123. The summed E-state index contributed by atoms with van der Waals surface area (Å²) in [5, 5.41) is 12.6. The van der Waals surface area contributed by atoms with Crippen LogP contribution < -0.4 is 10.9 Å². The molecule has 3 aromatic rings. The van der Waals surface area contributed by atoms with E-state index < -0.39 is 0 Å². The number of carbonyl (C=O) groups is 1. The number of nitrogens with zero attached hydrogens (tertiary/aromatic N) is 4. The first-order valence-electron chi connectivity index (χ1n) is 9.19. The molecule has 2 aromatic heterocycles. The van der Waals surface area contributed by atoms with Crippen LogP contribution in [-0.2, 0) is 11.3 Å². The van der Waals surface area contributed by atoms with Crippen LogP contribution in [0.4, 0.5) is 0 Å². The SMILES string of the molecule is CC(C)(C)NC(=O)Cn1nc(C2CC2)c2cnn(-c3ccccc3)c2c1=O. The van der Waals surface area contributed by atoms with Crippen LogP contribution in [0.2, 0.25) is 0 Å². The van der Waals surface area contributed by atoms with Gasteiger partial charge in [-0.05, 0) is 45.7 Å². The van der Waals surface area contributed by atoms with Crippen LogP contribution in [0.15, 0.2) is 41.3 Å². The molecule has 4 rings (SSSR count). The third-order valence-corrected chi connectivity index (χ3v) is 4.48. The molecule has 1 aliphatic carbocycles. The van der Waals surface area contributed by atoms with E-state index in [1.54, 1.807) is 10.9 Å². The standard InChI is InChI=1S/C20H23N5O2/c1-20(2,3)22-16(26)12-24-19(27)18-15(17(23-24)13-9-10-13)11-21-25(18)14-7-5-4-6-8-14/h4-8,11,13H,9-10,12H2,1-3H3,(H,22,26). The van der Waals surface area contributed by atoms with Crippen molar-refractivity contribution in [3.63, 3.8) is 0 Å². The number of aromatic nitrogens is 4. The summed E-state index contributed by atoms with van der Waals surface area (Å²) in [6.07, 6.45) is 3.81. The van der Waals surface area contributed by atoms with Gasteiger partial charge in [-0.15, -0.1) is 0 Å². The lowest BCUT2D eigenvalue weighted by Crippen LogP contribution is -2.44. The summed E-state index contributed by atoms with van der Waals surface area (Å²) in [5.41, 5.74) is 1.47. The Balaban J connectivity index is 1.84. The highest BCUT2D eigenvalue weighted by Gasteiger charge is 2.30. The van der Waals surface area contributed by atoms with Gasteiger partial charge in [0.2, 0.25) is 5.91 Å². The molecule has 0 atom stereocenters. The van der Waals surface area contributed by atoms with Crippen LogP contribution in [0.5, 0.6) is 0 Å². The lowest BCUT2D eigenvalue weighted by atomic mass is 10.1. The highest BCUT2D eigenvalue weighted by Crippen LogP contribution is 2.41. The van der Waals surface area contributed by atoms with Crippen molar-refractivity contribution in [2.24, 2.45) is 0 Å². The summed E-state index contributed by atoms with van der Waals surface area (Å²) >= 11 is 0. The number of para-hydroxylation sites is 1. The number of nitrogens with one attached hydrogen (secondary N) is 1. The van der Waals surface area contributed by atoms with Crippen molar-refractivity contribution in [3.05, 3.63) is 52.6 Å². The Morgan fingerprint density at radius 3 is 2.56 bits per heavy atom. The monoisotopic (exact) mass is 365 g/mol. The van der Waals surface area contributed by atoms with Gasteiger partial charge < -0.3 is 5.32 Å². The summed E-state index contributed by atoms with van der Waals surface area (Å²) in [6.45, 7) is 5.62. The van der Waals surface area contributed by atoms with Crippen LogP contribution in [0, 0.1) is 0 Å². The second kappa shape index (κ2) is 6.33. The summed E-state index contributed by atoms with van der Waals surface area (Å²) in [5.74, 6) is 0.0995. The van der Waals surface area contributed by atoms with Crippen molar-refractivity contribution in [1.29, 1.82) is 0 Å². The Bertz CT molecular complexity index is 1060. The maximum Gasteiger partial charge on any atom is 0.293 e. The molecule has 27 heavy (non-hydrogen) atoms. The molecule has 1 aliphatic rings. The lowest BCUT2D eigenvalue weighted by Gasteiger charge is -2.20. The minimum Gasteiger partial charge on any atom is -0.350 e. The molecule has 0 spiro atoms. The first-order chi connectivity index (χ1) is 12.8. The van der Waals surface area contributed by atoms with Gasteiger partial charge in [-0.1, -0.05) is 18.2 Å². The quantitative estimate of drug-likeness (QED) is 0.770. The first kappa shape index (κ1) is 17.5. The second-order valence-corrected chi connectivity index (χ2v) is 8.07. The molecule has 7 heteroatoms. The molecule has 1 saturated carbocycles. The van der Waals surface area contributed by atoms with Crippen LogP contribution in [0.25, 0.3) is 16.6 Å². The Morgan fingerprint density at radius 2 is 1.93 bits per heavy atom. The van der Waals surface area contributed by atoms with Gasteiger partial charge in [-0.3, -0.25) is 9.59 Å². The average molecular weight is 365 g/mol. The molecular formula is C20H23N5O2. The van der Waals surface area contributed by atoms with E-state index in [1.807, 2.05) is 51.1 Å². The zero-order valence-corrected chi connectivity index (χ0v) is 15.8. The Hall–Kier alpha value is -2.96. The van der Waals surface area contributed by atoms with Gasteiger partial charge >= 0.3 is 0 Å². The maximum atomic E-state index is 13.1. The van der Waals surface area contributed by atoms with E-state index in [1.165, 1.54) is 4.68 Å². The van der Waals surface area contributed by atoms with Gasteiger partial charge in [0.1, 0.15) is 12.1 Å². The Morgan fingerprint density at radius 1 is 1.22 bits per heavy atom. The van der Waals surface area contributed by atoms with Gasteiger partial charge in [0, 0.05) is 16.8 Å². The van der Waals surface area contributed by atoms with Gasteiger partial charge in [-0.25, -0.2) is 9.36 Å². The highest BCUT2D eigenvalue weighted by atomic mass is 16.2. The third-order valence-electron chi connectivity index (χ3n) is 4.48. The van der Waals surface area contributed by atoms with E-state index in [2.05, 4.69) is 15.5 Å². The number of benzene rings is 1. The topological polar surface area (TPSA) is 81.8 Å². The van der Waals surface area contributed by atoms with E-state index >= 15 is 0 Å². The minimum absolute atomic E-state index is 0.105. The molecule has 0 unspecified atom stereocenters. The molecule has 7 nitrogen and oxygen atoms in total. The zero-order chi connectivity index (χ0) is 19.2. The van der Waals surface area contributed by atoms with Gasteiger partial charge in [0.05, 0.1) is 17.6 Å². The predicted molar refractivity (Wildman–Crippen MR) is 103 cm³/mol. The Kier molecular flexibility index (Phi) is 4.09. The van der Waals surface area contributed by atoms with Gasteiger partial charge in [-0.2, -0.15) is 10.2 Å². The fourth-order valence-electron chi connectivity index (χ4n) is 3.22. The number of hydrogen-bond acceptors (Lipinski definition) is 4. The largest absolute Gasteiger partial charge is 0.350 e. The van der Waals surface area contributed by atoms with Crippen molar-refractivity contribution in [2.75, 3.05) is 0 Å². The summed E-state index contributed by atoms with van der Waals surface area (Å²) in [4.78, 5) is 25.5. The number of hydrogen-bond donors (Lipinski definition) is 1. The van der Waals surface area contributed by atoms with Crippen molar-refractivity contribution in [3.8, 4) is 5.69 Å². The maximum absolute atomic E-state index is 13.1. The van der Waals surface area contributed by atoms with E-state index in [0.717, 1.165) is 29.6 Å². The molecule has 1 aromatic carbocycles. The average Bonchev–Trinajstić information content (AvgIpc) is 3.34. The van der Waals surface area contributed by atoms with Crippen LogP contribution in [-0.4, -0.2) is 31.0 Å². The second-order valence-electron chi connectivity index (χ2n) is 8.07. The van der Waals surface area contributed by atoms with E-state index in [4.69, 9.17) is 0 Å². The molecule has 0 aliphatic heterocycles. The zero-order valence-electron chi connectivity index (χ0n) is 15.8. The number of amides is 1. The first-order valence-corrected chi connectivity index (χ1v) is 9.19. The van der Waals surface area contributed by atoms with Crippen LogP contribution >= 0.6 is 0 Å². The molecule has 2 heterocycles.